The van der Waals surface area contributed by atoms with Crippen LogP contribution in [-0.2, 0) is 0 Å². The van der Waals surface area contributed by atoms with E-state index in [2.05, 4.69) is 43.4 Å². The summed E-state index contributed by atoms with van der Waals surface area (Å²) < 4.78 is 0. The summed E-state index contributed by atoms with van der Waals surface area (Å²) >= 11 is 1.90. The maximum atomic E-state index is 10.3. The lowest BCUT2D eigenvalue weighted by atomic mass is 9.94. The van der Waals surface area contributed by atoms with Crippen LogP contribution in [-0.4, -0.2) is 23.0 Å². The summed E-state index contributed by atoms with van der Waals surface area (Å²) in [7, 11) is 0. The van der Waals surface area contributed by atoms with Crippen LogP contribution in [0.2, 0.25) is 0 Å². The van der Waals surface area contributed by atoms with Crippen LogP contribution in [0.4, 0.5) is 0 Å². The number of nitrogens with one attached hydrogen (secondary N) is 1. The van der Waals surface area contributed by atoms with Gasteiger partial charge in [0.2, 0.25) is 0 Å². The predicted octanol–water partition coefficient (Wildman–Crippen LogP) is 3.22. The van der Waals surface area contributed by atoms with Crippen LogP contribution in [0.5, 0.6) is 0 Å². The normalized spacial score (nSPS) is 21.9. The summed E-state index contributed by atoms with van der Waals surface area (Å²) in [5, 5.41) is 13.8. The number of rotatable bonds is 5. The summed E-state index contributed by atoms with van der Waals surface area (Å²) in [6, 6.07) is 8.91. The fourth-order valence-electron chi connectivity index (χ4n) is 2.63. The van der Waals surface area contributed by atoms with E-state index in [9.17, 15) is 5.11 Å². The SMILES string of the molecule is CC(C)CC(C)(O)CNC1CSc2ccccc21. The molecule has 100 valence electrons. The van der Waals surface area contributed by atoms with Crippen LogP contribution in [0.3, 0.4) is 0 Å². The summed E-state index contributed by atoms with van der Waals surface area (Å²) in [5.41, 5.74) is 0.763. The number of benzene rings is 1. The Hall–Kier alpha value is -0.510. The van der Waals surface area contributed by atoms with Gasteiger partial charge in [0, 0.05) is 23.2 Å². The van der Waals surface area contributed by atoms with E-state index in [0.717, 1.165) is 12.2 Å². The van der Waals surface area contributed by atoms with Gasteiger partial charge in [-0.25, -0.2) is 0 Å². The zero-order valence-electron chi connectivity index (χ0n) is 11.4. The van der Waals surface area contributed by atoms with Crippen LogP contribution in [0.15, 0.2) is 29.2 Å². The zero-order chi connectivity index (χ0) is 13.2. The Morgan fingerprint density at radius 2 is 2.17 bits per heavy atom. The second kappa shape index (κ2) is 5.64. The molecule has 0 radical (unpaired) electrons. The van der Waals surface area contributed by atoms with E-state index in [1.165, 1.54) is 10.5 Å². The van der Waals surface area contributed by atoms with Crippen LogP contribution < -0.4 is 5.32 Å². The van der Waals surface area contributed by atoms with Crippen molar-refractivity contribution in [3.05, 3.63) is 29.8 Å². The molecule has 1 aromatic carbocycles. The first-order chi connectivity index (χ1) is 8.48. The van der Waals surface area contributed by atoms with Crippen LogP contribution >= 0.6 is 11.8 Å². The van der Waals surface area contributed by atoms with Gasteiger partial charge in [-0.1, -0.05) is 32.0 Å². The molecular formula is C15H23NOS. The number of hydrogen-bond acceptors (Lipinski definition) is 3. The first kappa shape index (κ1) is 13.9. The molecule has 1 aliphatic heterocycles. The lowest BCUT2D eigenvalue weighted by Crippen LogP contribution is -2.40. The minimum atomic E-state index is -0.615. The van der Waals surface area contributed by atoms with Crippen molar-refractivity contribution in [2.75, 3.05) is 12.3 Å². The zero-order valence-corrected chi connectivity index (χ0v) is 12.3. The first-order valence-electron chi connectivity index (χ1n) is 6.65. The molecular weight excluding hydrogens is 242 g/mol. The molecule has 0 spiro atoms. The number of aliphatic hydroxyl groups is 1. The molecule has 1 aromatic rings. The fourth-order valence-corrected chi connectivity index (χ4v) is 3.82. The molecule has 2 N–H and O–H groups in total. The second-order valence-corrected chi connectivity index (χ2v) is 6.94. The van der Waals surface area contributed by atoms with Gasteiger partial charge in [0.25, 0.3) is 0 Å². The molecule has 0 fully saturated rings. The molecule has 0 bridgehead atoms. The third-order valence-electron chi connectivity index (χ3n) is 3.28. The van der Waals surface area contributed by atoms with E-state index in [0.29, 0.717) is 18.5 Å². The van der Waals surface area contributed by atoms with Gasteiger partial charge in [-0.3, -0.25) is 0 Å². The summed E-state index contributed by atoms with van der Waals surface area (Å²) in [6.45, 7) is 6.88. The Balaban J connectivity index is 1.92. The molecule has 0 amide bonds. The third-order valence-corrected chi connectivity index (χ3v) is 4.46. The van der Waals surface area contributed by atoms with Gasteiger partial charge in [0.05, 0.1) is 5.60 Å². The van der Waals surface area contributed by atoms with E-state index in [-0.39, 0.29) is 0 Å². The summed E-state index contributed by atoms with van der Waals surface area (Å²) in [6.07, 6.45) is 0.835. The van der Waals surface area contributed by atoms with Gasteiger partial charge in [-0.15, -0.1) is 11.8 Å². The number of thioether (sulfide) groups is 1. The Kier molecular flexibility index (Phi) is 4.36. The third kappa shape index (κ3) is 3.50. The maximum Gasteiger partial charge on any atom is 0.0746 e. The molecule has 0 aliphatic carbocycles. The van der Waals surface area contributed by atoms with Crippen molar-refractivity contribution in [3.63, 3.8) is 0 Å². The van der Waals surface area contributed by atoms with E-state index in [1.807, 2.05) is 18.7 Å². The monoisotopic (exact) mass is 265 g/mol. The molecule has 0 aromatic heterocycles. The van der Waals surface area contributed by atoms with Crippen molar-refractivity contribution in [2.24, 2.45) is 5.92 Å². The van der Waals surface area contributed by atoms with Crippen molar-refractivity contribution in [1.82, 2.24) is 5.32 Å². The minimum Gasteiger partial charge on any atom is -0.389 e. The lowest BCUT2D eigenvalue weighted by Gasteiger charge is -2.27. The lowest BCUT2D eigenvalue weighted by molar-refractivity contribution is 0.0365. The van der Waals surface area contributed by atoms with Crippen molar-refractivity contribution < 1.29 is 5.11 Å². The van der Waals surface area contributed by atoms with E-state index in [1.54, 1.807) is 0 Å². The molecule has 2 unspecified atom stereocenters. The Bertz CT molecular complexity index is 403. The van der Waals surface area contributed by atoms with Crippen LogP contribution in [0.1, 0.15) is 38.8 Å². The average Bonchev–Trinajstić information content (AvgIpc) is 2.68. The smallest absolute Gasteiger partial charge is 0.0746 e. The highest BCUT2D eigenvalue weighted by Gasteiger charge is 2.27. The molecule has 3 heteroatoms. The highest BCUT2D eigenvalue weighted by molar-refractivity contribution is 7.99. The highest BCUT2D eigenvalue weighted by atomic mass is 32.2. The molecule has 1 aliphatic rings. The summed E-state index contributed by atoms with van der Waals surface area (Å²) in [4.78, 5) is 1.37. The quantitative estimate of drug-likeness (QED) is 0.857. The van der Waals surface area contributed by atoms with Crippen molar-refractivity contribution in [1.29, 1.82) is 0 Å². The van der Waals surface area contributed by atoms with E-state index in [4.69, 9.17) is 0 Å². The molecule has 2 nitrogen and oxygen atoms in total. The predicted molar refractivity (Wildman–Crippen MR) is 78.0 cm³/mol. The van der Waals surface area contributed by atoms with Crippen molar-refractivity contribution >= 4 is 11.8 Å². The van der Waals surface area contributed by atoms with Crippen LogP contribution in [0.25, 0.3) is 0 Å². The van der Waals surface area contributed by atoms with Crippen LogP contribution in [0, 0.1) is 5.92 Å². The standard InChI is InChI=1S/C15H23NOS/c1-11(2)8-15(3,17)10-16-13-9-18-14-7-5-4-6-12(13)14/h4-7,11,13,16-17H,8-10H2,1-3H3. The van der Waals surface area contributed by atoms with E-state index < -0.39 is 5.60 Å². The topological polar surface area (TPSA) is 32.3 Å². The van der Waals surface area contributed by atoms with Gasteiger partial charge in [0.15, 0.2) is 0 Å². The Morgan fingerprint density at radius 3 is 2.89 bits per heavy atom. The molecule has 2 rings (SSSR count). The molecule has 18 heavy (non-hydrogen) atoms. The Morgan fingerprint density at radius 1 is 1.44 bits per heavy atom. The number of hydrogen-bond donors (Lipinski definition) is 2. The molecule has 0 saturated heterocycles. The molecule has 2 atom stereocenters. The highest BCUT2D eigenvalue weighted by Crippen LogP contribution is 2.37. The fraction of sp³-hybridized carbons (Fsp3) is 0.600. The van der Waals surface area contributed by atoms with Gasteiger partial charge in [0.1, 0.15) is 0 Å². The molecule has 1 heterocycles. The number of fused-ring (bicyclic) bond motifs is 1. The van der Waals surface area contributed by atoms with Gasteiger partial charge in [-0.2, -0.15) is 0 Å². The first-order valence-corrected chi connectivity index (χ1v) is 7.64. The Labute approximate surface area is 114 Å². The minimum absolute atomic E-state index is 0.379. The van der Waals surface area contributed by atoms with Gasteiger partial charge >= 0.3 is 0 Å². The van der Waals surface area contributed by atoms with Gasteiger partial charge in [-0.05, 0) is 30.9 Å². The largest absolute Gasteiger partial charge is 0.389 e. The van der Waals surface area contributed by atoms with Gasteiger partial charge < -0.3 is 10.4 Å². The van der Waals surface area contributed by atoms with E-state index >= 15 is 0 Å². The summed E-state index contributed by atoms with van der Waals surface area (Å²) in [5.74, 6) is 1.59. The second-order valence-electron chi connectivity index (χ2n) is 5.88. The van der Waals surface area contributed by atoms with Crippen molar-refractivity contribution in [2.45, 2.75) is 43.7 Å². The molecule has 0 saturated carbocycles. The van der Waals surface area contributed by atoms with Crippen molar-refractivity contribution in [3.8, 4) is 0 Å². The average molecular weight is 265 g/mol. The maximum absolute atomic E-state index is 10.3.